The highest BCUT2D eigenvalue weighted by molar-refractivity contribution is 6.30. The summed E-state index contributed by atoms with van der Waals surface area (Å²) < 4.78 is 3.54. The number of rotatable bonds is 6. The lowest BCUT2D eigenvalue weighted by atomic mass is 10.1. The fourth-order valence-corrected chi connectivity index (χ4v) is 2.21. The minimum atomic E-state index is -0.178. The van der Waals surface area contributed by atoms with Gasteiger partial charge in [-0.2, -0.15) is 10.2 Å². The lowest BCUT2D eigenvalue weighted by Crippen LogP contribution is -2.31. The number of hydrogen-bond acceptors (Lipinski definition) is 3. The summed E-state index contributed by atoms with van der Waals surface area (Å²) in [7, 11) is 0. The van der Waals surface area contributed by atoms with Crippen molar-refractivity contribution in [2.75, 3.05) is 0 Å². The maximum absolute atomic E-state index is 12.1. The number of aryl methyl sites for hydroxylation is 2. The predicted octanol–water partition coefficient (Wildman–Crippen LogP) is 2.01. The van der Waals surface area contributed by atoms with Crippen LogP contribution in [0.5, 0.6) is 0 Å². The molecule has 114 valence electrons. The minimum absolute atomic E-state index is 0.00901. The standard InChI is InChI=1S/C14H20ClN5O/c1-4-19-8-12(11(3)18-19)5-16-14(21)10(2)7-20-9-13(15)6-17-20/h6,8-10H,4-5,7H2,1-3H3,(H,16,21). The Balaban J connectivity index is 1.87. The van der Waals surface area contributed by atoms with E-state index in [0.29, 0.717) is 18.1 Å². The molecule has 2 aromatic heterocycles. The lowest BCUT2D eigenvalue weighted by Gasteiger charge is -2.12. The normalized spacial score (nSPS) is 12.4. The molecular formula is C14H20ClN5O. The fourth-order valence-electron chi connectivity index (χ4n) is 2.05. The summed E-state index contributed by atoms with van der Waals surface area (Å²) in [6.07, 6.45) is 5.24. The Morgan fingerprint density at radius 2 is 2.19 bits per heavy atom. The summed E-state index contributed by atoms with van der Waals surface area (Å²) in [5.41, 5.74) is 1.99. The highest BCUT2D eigenvalue weighted by Gasteiger charge is 2.14. The smallest absolute Gasteiger partial charge is 0.224 e. The van der Waals surface area contributed by atoms with E-state index in [2.05, 4.69) is 15.5 Å². The molecule has 0 bridgehead atoms. The van der Waals surface area contributed by atoms with Crippen LogP contribution < -0.4 is 5.32 Å². The number of nitrogens with one attached hydrogen (secondary N) is 1. The SMILES string of the molecule is CCn1cc(CNC(=O)C(C)Cn2cc(Cl)cn2)c(C)n1. The molecule has 0 spiro atoms. The van der Waals surface area contributed by atoms with Crippen LogP contribution in [-0.4, -0.2) is 25.5 Å². The monoisotopic (exact) mass is 309 g/mol. The zero-order valence-electron chi connectivity index (χ0n) is 12.5. The molecule has 2 heterocycles. The molecule has 21 heavy (non-hydrogen) atoms. The van der Waals surface area contributed by atoms with Crippen molar-refractivity contribution in [3.8, 4) is 0 Å². The largest absolute Gasteiger partial charge is 0.352 e. The van der Waals surface area contributed by atoms with Crippen LogP contribution in [-0.2, 0) is 24.4 Å². The zero-order valence-corrected chi connectivity index (χ0v) is 13.3. The van der Waals surface area contributed by atoms with Gasteiger partial charge in [0.1, 0.15) is 0 Å². The van der Waals surface area contributed by atoms with Crippen LogP contribution in [0.4, 0.5) is 0 Å². The van der Waals surface area contributed by atoms with Crippen molar-refractivity contribution in [1.29, 1.82) is 0 Å². The number of aromatic nitrogens is 4. The molecule has 0 radical (unpaired) electrons. The highest BCUT2D eigenvalue weighted by Crippen LogP contribution is 2.09. The Hall–Kier alpha value is -1.82. The van der Waals surface area contributed by atoms with Gasteiger partial charge in [0.15, 0.2) is 0 Å². The van der Waals surface area contributed by atoms with E-state index in [0.717, 1.165) is 17.8 Å². The van der Waals surface area contributed by atoms with Gasteiger partial charge < -0.3 is 5.32 Å². The molecule has 1 N–H and O–H groups in total. The van der Waals surface area contributed by atoms with E-state index in [1.165, 1.54) is 0 Å². The summed E-state index contributed by atoms with van der Waals surface area (Å²) in [6.45, 7) is 7.67. The second kappa shape index (κ2) is 6.76. The van der Waals surface area contributed by atoms with Gasteiger partial charge in [-0.25, -0.2) is 0 Å². The van der Waals surface area contributed by atoms with Gasteiger partial charge in [0.2, 0.25) is 5.91 Å². The molecule has 0 aromatic carbocycles. The maximum Gasteiger partial charge on any atom is 0.224 e. The van der Waals surface area contributed by atoms with Crippen LogP contribution in [0.1, 0.15) is 25.1 Å². The molecule has 0 aliphatic heterocycles. The van der Waals surface area contributed by atoms with Gasteiger partial charge in [-0.15, -0.1) is 0 Å². The van der Waals surface area contributed by atoms with Crippen LogP contribution in [0.15, 0.2) is 18.6 Å². The second-order valence-electron chi connectivity index (χ2n) is 5.09. The fraction of sp³-hybridized carbons (Fsp3) is 0.500. The maximum atomic E-state index is 12.1. The number of nitrogens with zero attached hydrogens (tertiary/aromatic N) is 4. The molecule has 2 aromatic rings. The average molecular weight is 310 g/mol. The van der Waals surface area contributed by atoms with Crippen molar-refractivity contribution in [1.82, 2.24) is 24.9 Å². The topological polar surface area (TPSA) is 64.7 Å². The van der Waals surface area contributed by atoms with Crippen LogP contribution in [0.25, 0.3) is 0 Å². The Bertz CT molecular complexity index is 619. The van der Waals surface area contributed by atoms with Crippen molar-refractivity contribution >= 4 is 17.5 Å². The van der Waals surface area contributed by atoms with E-state index in [1.54, 1.807) is 17.1 Å². The van der Waals surface area contributed by atoms with Gasteiger partial charge in [-0.1, -0.05) is 18.5 Å². The molecule has 1 unspecified atom stereocenters. The van der Waals surface area contributed by atoms with Crippen LogP contribution in [0.3, 0.4) is 0 Å². The van der Waals surface area contributed by atoms with Gasteiger partial charge in [0.05, 0.1) is 29.4 Å². The Morgan fingerprint density at radius 3 is 2.76 bits per heavy atom. The summed E-state index contributed by atoms with van der Waals surface area (Å²) >= 11 is 5.80. The van der Waals surface area contributed by atoms with Crippen LogP contribution in [0, 0.1) is 12.8 Å². The van der Waals surface area contributed by atoms with Crippen LogP contribution >= 0.6 is 11.6 Å². The number of carbonyl (C=O) groups is 1. The average Bonchev–Trinajstić information content (AvgIpc) is 3.02. The minimum Gasteiger partial charge on any atom is -0.352 e. The first-order valence-electron chi connectivity index (χ1n) is 6.98. The summed E-state index contributed by atoms with van der Waals surface area (Å²) in [5, 5.41) is 11.9. The quantitative estimate of drug-likeness (QED) is 0.888. The molecular weight excluding hydrogens is 290 g/mol. The molecule has 1 amide bonds. The summed E-state index contributed by atoms with van der Waals surface area (Å²) in [4.78, 5) is 12.1. The van der Waals surface area contributed by atoms with E-state index in [9.17, 15) is 4.79 Å². The number of amides is 1. The molecule has 0 fully saturated rings. The van der Waals surface area contributed by atoms with Gasteiger partial charge in [-0.05, 0) is 13.8 Å². The van der Waals surface area contributed by atoms with E-state index in [4.69, 9.17) is 11.6 Å². The first-order chi connectivity index (χ1) is 9.99. The lowest BCUT2D eigenvalue weighted by molar-refractivity contribution is -0.125. The van der Waals surface area contributed by atoms with Crippen molar-refractivity contribution < 1.29 is 4.79 Å². The molecule has 0 aliphatic carbocycles. The summed E-state index contributed by atoms with van der Waals surface area (Å²) in [6, 6.07) is 0. The van der Waals surface area contributed by atoms with E-state index >= 15 is 0 Å². The number of halogens is 1. The molecule has 0 saturated carbocycles. The van der Waals surface area contributed by atoms with Crippen molar-refractivity contribution in [3.63, 3.8) is 0 Å². The van der Waals surface area contributed by atoms with Crippen molar-refractivity contribution in [2.45, 2.75) is 40.4 Å². The third kappa shape index (κ3) is 4.07. The number of hydrogen-bond donors (Lipinski definition) is 1. The molecule has 0 saturated heterocycles. The molecule has 1 atom stereocenters. The zero-order chi connectivity index (χ0) is 15.4. The molecule has 6 nitrogen and oxygen atoms in total. The third-order valence-corrected chi connectivity index (χ3v) is 3.53. The Morgan fingerprint density at radius 1 is 1.43 bits per heavy atom. The van der Waals surface area contributed by atoms with E-state index in [-0.39, 0.29) is 11.8 Å². The molecule has 7 heteroatoms. The number of carbonyl (C=O) groups excluding carboxylic acids is 1. The first kappa shape index (κ1) is 15.6. The predicted molar refractivity (Wildman–Crippen MR) is 80.9 cm³/mol. The van der Waals surface area contributed by atoms with E-state index in [1.807, 2.05) is 31.6 Å². The van der Waals surface area contributed by atoms with Crippen LogP contribution in [0.2, 0.25) is 5.02 Å². The Kier molecular flexibility index (Phi) is 5.01. The van der Waals surface area contributed by atoms with Gasteiger partial charge >= 0.3 is 0 Å². The molecule has 0 aliphatic rings. The second-order valence-corrected chi connectivity index (χ2v) is 5.53. The summed E-state index contributed by atoms with van der Waals surface area (Å²) in [5.74, 6) is -0.187. The van der Waals surface area contributed by atoms with Crippen molar-refractivity contribution in [2.24, 2.45) is 5.92 Å². The van der Waals surface area contributed by atoms with Crippen molar-refractivity contribution in [3.05, 3.63) is 34.9 Å². The third-order valence-electron chi connectivity index (χ3n) is 3.34. The van der Waals surface area contributed by atoms with Gasteiger partial charge in [-0.3, -0.25) is 14.2 Å². The van der Waals surface area contributed by atoms with Gasteiger partial charge in [0.25, 0.3) is 0 Å². The highest BCUT2D eigenvalue weighted by atomic mass is 35.5. The van der Waals surface area contributed by atoms with E-state index < -0.39 is 0 Å². The first-order valence-corrected chi connectivity index (χ1v) is 7.36. The van der Waals surface area contributed by atoms with Gasteiger partial charge in [0, 0.05) is 31.0 Å². The molecule has 2 rings (SSSR count). The Labute approximate surface area is 129 Å².